The third-order valence-corrected chi connectivity index (χ3v) is 3.02. The minimum Gasteiger partial charge on any atom is -0.495 e. The van der Waals surface area contributed by atoms with Crippen molar-refractivity contribution in [2.45, 2.75) is 6.42 Å². The molecule has 1 unspecified atom stereocenters. The fraction of sp³-hybridized carbons (Fsp3) is 0.385. The summed E-state index contributed by atoms with van der Waals surface area (Å²) < 4.78 is 5.17. The molecule has 0 spiro atoms. The Morgan fingerprint density at radius 1 is 1.61 bits per heavy atom. The van der Waals surface area contributed by atoms with E-state index in [0.717, 1.165) is 13.0 Å². The van der Waals surface area contributed by atoms with Crippen molar-refractivity contribution in [1.82, 2.24) is 5.32 Å². The van der Waals surface area contributed by atoms with Crippen LogP contribution < -0.4 is 15.4 Å². The van der Waals surface area contributed by atoms with Gasteiger partial charge in [-0.25, -0.2) is 0 Å². The molecular weight excluding hydrogens is 230 g/mol. The molecule has 1 fully saturated rings. The summed E-state index contributed by atoms with van der Waals surface area (Å²) in [7, 11) is 1.52. The number of methoxy groups -OCH3 is 1. The third-order valence-electron chi connectivity index (χ3n) is 3.02. The SMILES string of the molecule is COc1cc(C#N)ccc1NC(=O)C1CCNC1. The zero-order valence-electron chi connectivity index (χ0n) is 10.2. The maximum absolute atomic E-state index is 12.0. The number of carbonyl (C=O) groups is 1. The molecule has 0 aromatic heterocycles. The second kappa shape index (κ2) is 5.52. The summed E-state index contributed by atoms with van der Waals surface area (Å²) in [6.07, 6.45) is 0.852. The highest BCUT2D eigenvalue weighted by Gasteiger charge is 2.23. The number of nitriles is 1. The average Bonchev–Trinajstić information content (AvgIpc) is 2.93. The molecule has 2 N–H and O–H groups in total. The minimum atomic E-state index is -0.0111. The molecule has 94 valence electrons. The highest BCUT2D eigenvalue weighted by atomic mass is 16.5. The summed E-state index contributed by atoms with van der Waals surface area (Å²) in [5.74, 6) is 0.502. The lowest BCUT2D eigenvalue weighted by molar-refractivity contribution is -0.119. The summed E-state index contributed by atoms with van der Waals surface area (Å²) in [6, 6.07) is 7.00. The molecular formula is C13H15N3O2. The van der Waals surface area contributed by atoms with E-state index >= 15 is 0 Å². The molecule has 18 heavy (non-hydrogen) atoms. The van der Waals surface area contributed by atoms with Crippen molar-refractivity contribution in [2.75, 3.05) is 25.5 Å². The third kappa shape index (κ3) is 2.60. The van der Waals surface area contributed by atoms with Gasteiger partial charge in [-0.3, -0.25) is 4.79 Å². The lowest BCUT2D eigenvalue weighted by atomic mass is 10.1. The number of benzene rings is 1. The van der Waals surface area contributed by atoms with Crippen molar-refractivity contribution in [2.24, 2.45) is 5.92 Å². The molecule has 1 atom stereocenters. The highest BCUT2D eigenvalue weighted by molar-refractivity contribution is 5.94. The Hall–Kier alpha value is -2.06. The molecule has 1 amide bonds. The van der Waals surface area contributed by atoms with Crippen molar-refractivity contribution in [3.63, 3.8) is 0 Å². The van der Waals surface area contributed by atoms with Crippen LogP contribution in [-0.2, 0) is 4.79 Å². The number of hydrogen-bond donors (Lipinski definition) is 2. The van der Waals surface area contributed by atoms with Crippen LogP contribution in [0.15, 0.2) is 18.2 Å². The van der Waals surface area contributed by atoms with Crippen molar-refractivity contribution in [1.29, 1.82) is 5.26 Å². The first-order valence-electron chi connectivity index (χ1n) is 5.84. The van der Waals surface area contributed by atoms with Gasteiger partial charge in [0.2, 0.25) is 5.91 Å². The number of carbonyl (C=O) groups excluding carboxylic acids is 1. The van der Waals surface area contributed by atoms with Gasteiger partial charge in [-0.05, 0) is 25.1 Å². The highest BCUT2D eigenvalue weighted by Crippen LogP contribution is 2.26. The number of anilines is 1. The van der Waals surface area contributed by atoms with Gasteiger partial charge in [-0.1, -0.05) is 0 Å². The smallest absolute Gasteiger partial charge is 0.228 e. The van der Waals surface area contributed by atoms with Crippen LogP contribution in [0.4, 0.5) is 5.69 Å². The van der Waals surface area contributed by atoms with Gasteiger partial charge < -0.3 is 15.4 Å². The average molecular weight is 245 g/mol. The van der Waals surface area contributed by atoms with Gasteiger partial charge in [-0.15, -0.1) is 0 Å². The number of ether oxygens (including phenoxy) is 1. The first kappa shape index (κ1) is 12.4. The Kier molecular flexibility index (Phi) is 3.80. The molecule has 1 saturated heterocycles. The minimum absolute atomic E-state index is 0.00495. The molecule has 1 aliphatic heterocycles. The van der Waals surface area contributed by atoms with Crippen LogP contribution in [0.25, 0.3) is 0 Å². The summed E-state index contributed by atoms with van der Waals surface area (Å²) in [4.78, 5) is 12.0. The second-order valence-electron chi connectivity index (χ2n) is 4.21. The van der Waals surface area contributed by atoms with Gasteiger partial charge in [-0.2, -0.15) is 5.26 Å². The lowest BCUT2D eigenvalue weighted by Crippen LogP contribution is -2.24. The number of rotatable bonds is 3. The van der Waals surface area contributed by atoms with Crippen LogP contribution in [0.1, 0.15) is 12.0 Å². The Bertz CT molecular complexity index is 487. The summed E-state index contributed by atoms with van der Waals surface area (Å²) >= 11 is 0. The van der Waals surface area contributed by atoms with Crippen molar-refractivity contribution in [3.8, 4) is 11.8 Å². The zero-order valence-corrected chi connectivity index (χ0v) is 10.2. The van der Waals surface area contributed by atoms with E-state index in [0.29, 0.717) is 23.5 Å². The summed E-state index contributed by atoms with van der Waals surface area (Å²) in [6.45, 7) is 1.59. The number of nitrogens with zero attached hydrogens (tertiary/aromatic N) is 1. The van der Waals surface area contributed by atoms with Gasteiger partial charge >= 0.3 is 0 Å². The first-order chi connectivity index (χ1) is 8.74. The van der Waals surface area contributed by atoms with E-state index in [4.69, 9.17) is 10.00 Å². The molecule has 1 heterocycles. The predicted molar refractivity (Wildman–Crippen MR) is 67.3 cm³/mol. The topological polar surface area (TPSA) is 74.1 Å². The molecule has 1 aliphatic rings. The van der Waals surface area contributed by atoms with Crippen LogP contribution in [0.2, 0.25) is 0 Å². The van der Waals surface area contributed by atoms with Crippen LogP contribution in [0.5, 0.6) is 5.75 Å². The largest absolute Gasteiger partial charge is 0.495 e. The normalized spacial score (nSPS) is 18.1. The van der Waals surface area contributed by atoms with Crippen molar-refractivity contribution < 1.29 is 9.53 Å². The van der Waals surface area contributed by atoms with E-state index in [1.165, 1.54) is 7.11 Å². The summed E-state index contributed by atoms with van der Waals surface area (Å²) in [5, 5.41) is 14.8. The standard InChI is InChI=1S/C13H15N3O2/c1-18-12-6-9(7-14)2-3-11(12)16-13(17)10-4-5-15-8-10/h2-3,6,10,15H,4-5,8H2,1H3,(H,16,17). The van der Waals surface area contributed by atoms with Crippen LogP contribution in [-0.4, -0.2) is 26.1 Å². The molecule has 5 heteroatoms. The van der Waals surface area contributed by atoms with E-state index < -0.39 is 0 Å². The molecule has 0 aliphatic carbocycles. The van der Waals surface area contributed by atoms with E-state index in [9.17, 15) is 4.79 Å². The van der Waals surface area contributed by atoms with Crippen LogP contribution in [0.3, 0.4) is 0 Å². The van der Waals surface area contributed by atoms with E-state index in [1.807, 2.05) is 6.07 Å². The molecule has 1 aromatic carbocycles. The zero-order chi connectivity index (χ0) is 13.0. The van der Waals surface area contributed by atoms with Crippen molar-refractivity contribution in [3.05, 3.63) is 23.8 Å². The van der Waals surface area contributed by atoms with Gasteiger partial charge in [0.15, 0.2) is 0 Å². The Labute approximate surface area is 106 Å². The van der Waals surface area contributed by atoms with Gasteiger partial charge in [0.1, 0.15) is 5.75 Å². The van der Waals surface area contributed by atoms with Gasteiger partial charge in [0.25, 0.3) is 0 Å². The molecule has 0 saturated carbocycles. The van der Waals surface area contributed by atoms with E-state index in [2.05, 4.69) is 10.6 Å². The Morgan fingerprint density at radius 3 is 3.06 bits per heavy atom. The number of hydrogen-bond acceptors (Lipinski definition) is 4. The Balaban J connectivity index is 2.13. The maximum Gasteiger partial charge on any atom is 0.228 e. The fourth-order valence-corrected chi connectivity index (χ4v) is 1.98. The number of amides is 1. The molecule has 0 radical (unpaired) electrons. The van der Waals surface area contributed by atoms with E-state index in [1.54, 1.807) is 18.2 Å². The molecule has 1 aromatic rings. The van der Waals surface area contributed by atoms with E-state index in [-0.39, 0.29) is 11.8 Å². The number of nitrogens with one attached hydrogen (secondary N) is 2. The van der Waals surface area contributed by atoms with Gasteiger partial charge in [0, 0.05) is 12.6 Å². The molecule has 2 rings (SSSR count). The van der Waals surface area contributed by atoms with Gasteiger partial charge in [0.05, 0.1) is 30.3 Å². The second-order valence-corrected chi connectivity index (χ2v) is 4.21. The summed E-state index contributed by atoms with van der Waals surface area (Å²) in [5.41, 5.74) is 1.11. The first-order valence-corrected chi connectivity index (χ1v) is 5.84. The van der Waals surface area contributed by atoms with Crippen molar-refractivity contribution >= 4 is 11.6 Å². The fourth-order valence-electron chi connectivity index (χ4n) is 1.98. The van der Waals surface area contributed by atoms with Crippen LogP contribution >= 0.6 is 0 Å². The maximum atomic E-state index is 12.0. The predicted octanol–water partition coefficient (Wildman–Crippen LogP) is 1.11. The molecule has 5 nitrogen and oxygen atoms in total. The lowest BCUT2D eigenvalue weighted by Gasteiger charge is -2.13. The Morgan fingerprint density at radius 2 is 2.44 bits per heavy atom. The quantitative estimate of drug-likeness (QED) is 0.836. The molecule has 0 bridgehead atoms. The monoisotopic (exact) mass is 245 g/mol. The van der Waals surface area contributed by atoms with Crippen LogP contribution in [0, 0.1) is 17.2 Å².